The van der Waals surface area contributed by atoms with Gasteiger partial charge in [-0.25, -0.2) is 0 Å². The lowest BCUT2D eigenvalue weighted by Crippen LogP contribution is -2.53. The number of nitrogens with two attached hydrogens (primary N) is 2. The Morgan fingerprint density at radius 3 is 1.88 bits per heavy atom. The fourth-order valence-electron chi connectivity index (χ4n) is 2.57. The van der Waals surface area contributed by atoms with Crippen LogP contribution in [-0.4, -0.2) is 28.3 Å². The third-order valence-electron chi connectivity index (χ3n) is 3.72. The van der Waals surface area contributed by atoms with Gasteiger partial charge in [-0.3, -0.25) is 4.79 Å². The van der Waals surface area contributed by atoms with E-state index in [1.54, 1.807) is 36.4 Å². The Kier molecular flexibility index (Phi) is 5.71. The predicted octanol–water partition coefficient (Wildman–Crippen LogP) is 3.62. The number of hydrogen-bond donors (Lipinski definition) is 2. The molecular formula is C18H26N2O3Si2. The van der Waals surface area contributed by atoms with Crippen molar-refractivity contribution in [1.29, 1.82) is 0 Å². The summed E-state index contributed by atoms with van der Waals surface area (Å²) in [6, 6.07) is 14.3. The van der Waals surface area contributed by atoms with Crippen molar-refractivity contribution in [3.05, 3.63) is 54.1 Å². The first-order chi connectivity index (χ1) is 11.6. The lowest BCUT2D eigenvalue weighted by molar-refractivity contribution is 0.105. The minimum absolute atomic E-state index is 0.0700. The number of benzene rings is 2. The van der Waals surface area contributed by atoms with E-state index in [1.807, 2.05) is 25.2 Å². The molecule has 0 spiro atoms. The molecule has 0 aliphatic heterocycles. The van der Waals surface area contributed by atoms with Crippen molar-refractivity contribution in [2.75, 3.05) is 17.7 Å². The van der Waals surface area contributed by atoms with Gasteiger partial charge in [-0.15, -0.1) is 0 Å². The molecule has 4 N–H and O–H groups in total. The van der Waals surface area contributed by atoms with Crippen LogP contribution in [0.5, 0.6) is 5.75 Å². The number of hydrogen-bond acceptors (Lipinski definition) is 5. The average molecular weight is 375 g/mol. The van der Waals surface area contributed by atoms with Crippen LogP contribution in [0.15, 0.2) is 48.5 Å². The molecule has 0 unspecified atom stereocenters. The molecule has 134 valence electrons. The van der Waals surface area contributed by atoms with Gasteiger partial charge in [0.25, 0.3) is 8.32 Å². The Labute approximate surface area is 151 Å². The Bertz CT molecular complexity index is 729. The minimum atomic E-state index is -2.57. The Morgan fingerprint density at radius 2 is 1.36 bits per heavy atom. The third kappa shape index (κ3) is 5.45. The van der Waals surface area contributed by atoms with Crippen LogP contribution in [0.1, 0.15) is 10.4 Å². The van der Waals surface area contributed by atoms with Crippen molar-refractivity contribution in [2.45, 2.75) is 26.2 Å². The van der Waals surface area contributed by atoms with Crippen LogP contribution in [-0.2, 0) is 4.12 Å². The average Bonchev–Trinajstić information content (AvgIpc) is 2.53. The lowest BCUT2D eigenvalue weighted by atomic mass is 10.2. The highest BCUT2D eigenvalue weighted by molar-refractivity contribution is 7.05. The van der Waals surface area contributed by atoms with Crippen LogP contribution in [0.3, 0.4) is 0 Å². The molecule has 0 aliphatic rings. The molecule has 0 heterocycles. The molecule has 7 heteroatoms. The summed E-state index contributed by atoms with van der Waals surface area (Å²) in [5.74, 6) is 0.753. The van der Waals surface area contributed by atoms with Gasteiger partial charge in [-0.2, -0.15) is 0 Å². The van der Waals surface area contributed by atoms with Gasteiger partial charge in [-0.1, -0.05) is 0 Å². The lowest BCUT2D eigenvalue weighted by Gasteiger charge is -2.32. The van der Waals surface area contributed by atoms with Gasteiger partial charge < -0.3 is 20.3 Å². The number of rotatable bonds is 7. The topological polar surface area (TPSA) is 87.6 Å². The molecule has 0 aromatic heterocycles. The summed E-state index contributed by atoms with van der Waals surface area (Å²) >= 11 is 0. The second-order valence-electron chi connectivity index (χ2n) is 7.18. The van der Waals surface area contributed by atoms with Gasteiger partial charge >= 0.3 is 0 Å². The molecule has 0 saturated carbocycles. The minimum Gasteiger partial charge on any atom is -0.494 e. The van der Waals surface area contributed by atoms with Crippen molar-refractivity contribution in [3.8, 4) is 5.75 Å². The van der Waals surface area contributed by atoms with Gasteiger partial charge in [0.15, 0.2) is 5.41 Å². The molecule has 0 radical (unpaired) electrons. The Hall–Kier alpha value is -2.10. The van der Waals surface area contributed by atoms with Crippen molar-refractivity contribution in [2.24, 2.45) is 0 Å². The largest absolute Gasteiger partial charge is 0.494 e. The molecule has 2 aromatic rings. The maximum absolute atomic E-state index is 12.8. The molecule has 0 fully saturated rings. The molecule has 0 bridgehead atoms. The Balaban J connectivity index is 2.02. The zero-order chi connectivity index (χ0) is 18.7. The van der Waals surface area contributed by atoms with E-state index in [4.69, 9.17) is 20.3 Å². The highest BCUT2D eigenvalue weighted by atomic mass is 28.4. The SMILES string of the molecule is C[Si](C)(COc1ccc(N)cc1)O[Si](C)(C)C(=O)c1ccc(N)cc1. The maximum atomic E-state index is 12.8. The van der Waals surface area contributed by atoms with Gasteiger partial charge in [0.2, 0.25) is 8.32 Å². The maximum Gasteiger partial charge on any atom is 0.254 e. The first-order valence-electron chi connectivity index (χ1n) is 8.18. The second kappa shape index (κ2) is 7.42. The number of ether oxygens (including phenoxy) is 1. The van der Waals surface area contributed by atoms with Crippen LogP contribution in [0, 0.1) is 0 Å². The van der Waals surface area contributed by atoms with E-state index in [2.05, 4.69) is 13.1 Å². The molecule has 2 aromatic carbocycles. The first kappa shape index (κ1) is 19.2. The van der Waals surface area contributed by atoms with Gasteiger partial charge in [0, 0.05) is 16.9 Å². The van der Waals surface area contributed by atoms with Crippen molar-refractivity contribution >= 4 is 33.4 Å². The summed E-state index contributed by atoms with van der Waals surface area (Å²) in [5, 5.41) is 0.0700. The van der Waals surface area contributed by atoms with E-state index in [0.29, 0.717) is 23.2 Å². The molecule has 0 aliphatic carbocycles. The molecule has 0 saturated heterocycles. The summed E-state index contributed by atoms with van der Waals surface area (Å²) in [5.41, 5.74) is 13.4. The van der Waals surface area contributed by atoms with Crippen LogP contribution < -0.4 is 16.2 Å². The summed E-state index contributed by atoms with van der Waals surface area (Å²) in [6.07, 6.45) is 0.475. The van der Waals surface area contributed by atoms with E-state index in [0.717, 1.165) is 5.75 Å². The highest BCUT2D eigenvalue weighted by Gasteiger charge is 2.40. The molecule has 25 heavy (non-hydrogen) atoms. The molecule has 2 rings (SSSR count). The van der Waals surface area contributed by atoms with E-state index in [9.17, 15) is 4.79 Å². The number of carbonyl (C=O) groups excluding carboxylic acids is 1. The Morgan fingerprint density at radius 1 is 0.880 bits per heavy atom. The van der Waals surface area contributed by atoms with Gasteiger partial charge in [0.1, 0.15) is 12.0 Å². The summed E-state index contributed by atoms with van der Waals surface area (Å²) in [7, 11) is -4.74. The zero-order valence-corrected chi connectivity index (χ0v) is 17.2. The molecular weight excluding hydrogens is 348 g/mol. The van der Waals surface area contributed by atoms with E-state index >= 15 is 0 Å². The summed E-state index contributed by atoms with van der Waals surface area (Å²) in [4.78, 5) is 12.8. The van der Waals surface area contributed by atoms with Crippen LogP contribution in [0.4, 0.5) is 11.4 Å². The molecule has 5 nitrogen and oxygen atoms in total. The first-order valence-corrected chi connectivity index (χ1v) is 14.2. The van der Waals surface area contributed by atoms with E-state index in [-0.39, 0.29) is 5.41 Å². The van der Waals surface area contributed by atoms with Crippen LogP contribution in [0.25, 0.3) is 0 Å². The highest BCUT2D eigenvalue weighted by Crippen LogP contribution is 2.21. The van der Waals surface area contributed by atoms with Crippen LogP contribution >= 0.6 is 0 Å². The normalized spacial score (nSPS) is 12.0. The van der Waals surface area contributed by atoms with Crippen molar-refractivity contribution in [1.82, 2.24) is 0 Å². The number of nitrogen functional groups attached to an aromatic ring is 2. The van der Waals surface area contributed by atoms with Crippen molar-refractivity contribution < 1.29 is 13.6 Å². The van der Waals surface area contributed by atoms with E-state index < -0.39 is 16.6 Å². The summed E-state index contributed by atoms with van der Waals surface area (Å²) < 4.78 is 12.2. The number of carbonyl (C=O) groups is 1. The molecule has 0 amide bonds. The van der Waals surface area contributed by atoms with Crippen molar-refractivity contribution in [3.63, 3.8) is 0 Å². The van der Waals surface area contributed by atoms with Crippen LogP contribution in [0.2, 0.25) is 26.2 Å². The third-order valence-corrected chi connectivity index (χ3v) is 10.2. The fourth-order valence-corrected chi connectivity index (χ4v) is 10.1. The number of anilines is 2. The monoisotopic (exact) mass is 374 g/mol. The quantitative estimate of drug-likeness (QED) is 0.571. The predicted molar refractivity (Wildman–Crippen MR) is 108 cm³/mol. The van der Waals surface area contributed by atoms with Gasteiger partial charge in [-0.05, 0) is 74.7 Å². The standard InChI is InChI=1S/C18H26N2O3Si2/c1-24(2,13-22-17-11-9-16(20)10-12-17)23-25(3,4)18(21)14-5-7-15(19)8-6-14/h5-12H,13,19-20H2,1-4H3. The molecule has 0 atom stereocenters. The fraction of sp³-hybridized carbons (Fsp3) is 0.278. The zero-order valence-electron chi connectivity index (χ0n) is 15.2. The second-order valence-corrected chi connectivity index (χ2v) is 15.3. The smallest absolute Gasteiger partial charge is 0.254 e. The van der Waals surface area contributed by atoms with E-state index in [1.165, 1.54) is 0 Å². The van der Waals surface area contributed by atoms with Gasteiger partial charge in [0.05, 0.1) is 0 Å². The summed E-state index contributed by atoms with van der Waals surface area (Å²) in [6.45, 7) is 8.00.